The second-order valence-electron chi connectivity index (χ2n) is 2.55. The van der Waals surface area contributed by atoms with Gasteiger partial charge in [0.1, 0.15) is 0 Å². The van der Waals surface area contributed by atoms with Crippen molar-refractivity contribution in [1.29, 1.82) is 0 Å². The Kier molecular flexibility index (Phi) is 1.87. The maximum absolute atomic E-state index is 5.50. The van der Waals surface area contributed by atoms with Gasteiger partial charge in [-0.3, -0.25) is 4.98 Å². The van der Waals surface area contributed by atoms with E-state index in [0.717, 1.165) is 5.56 Å². The molecule has 0 atom stereocenters. The Balaban J connectivity index is 2.20. The van der Waals surface area contributed by atoms with Crippen LogP contribution in [0.3, 0.4) is 0 Å². The van der Waals surface area contributed by atoms with Crippen LogP contribution in [0.15, 0.2) is 24.5 Å². The summed E-state index contributed by atoms with van der Waals surface area (Å²) in [6.07, 6.45) is 3.44. The lowest BCUT2D eigenvalue weighted by Crippen LogP contribution is -2.06. The maximum Gasteiger partial charge on any atom is 0.240 e. The Morgan fingerprint density at radius 1 is 1.31 bits per heavy atom. The lowest BCUT2D eigenvalue weighted by molar-refractivity contribution is 0.654. The van der Waals surface area contributed by atoms with Crippen LogP contribution in [0.25, 0.3) is 0 Å². The zero-order chi connectivity index (χ0) is 9.10. The van der Waals surface area contributed by atoms with E-state index in [2.05, 4.69) is 20.5 Å². The first-order chi connectivity index (χ1) is 6.36. The van der Waals surface area contributed by atoms with Crippen molar-refractivity contribution < 1.29 is 0 Å². The topological polar surface area (TPSA) is 82.5 Å². The smallest absolute Gasteiger partial charge is 0.240 e. The molecule has 0 saturated heterocycles. The average molecular weight is 176 g/mol. The molecule has 13 heavy (non-hydrogen) atoms. The third-order valence-corrected chi connectivity index (χ3v) is 1.64. The van der Waals surface area contributed by atoms with Gasteiger partial charge in [0.25, 0.3) is 0 Å². The first-order valence-electron chi connectivity index (χ1n) is 3.77. The molecule has 2 heterocycles. The maximum atomic E-state index is 5.50. The number of pyridine rings is 1. The number of tetrazole rings is 1. The van der Waals surface area contributed by atoms with Gasteiger partial charge in [0, 0.05) is 12.4 Å². The first-order valence-corrected chi connectivity index (χ1v) is 3.77. The monoisotopic (exact) mass is 176 g/mol. The predicted octanol–water partition coefficient (Wildman–Crippen LogP) is -0.301. The van der Waals surface area contributed by atoms with E-state index in [1.54, 1.807) is 12.4 Å². The number of hydrogen-bond donors (Lipinski definition) is 1. The van der Waals surface area contributed by atoms with Crippen LogP contribution < -0.4 is 5.73 Å². The molecule has 0 aromatic carbocycles. The minimum Gasteiger partial charge on any atom is -0.367 e. The van der Waals surface area contributed by atoms with Crippen LogP contribution in [0.4, 0.5) is 5.95 Å². The molecule has 0 spiro atoms. The van der Waals surface area contributed by atoms with Crippen molar-refractivity contribution >= 4 is 5.95 Å². The van der Waals surface area contributed by atoms with Crippen molar-refractivity contribution in [3.8, 4) is 0 Å². The van der Waals surface area contributed by atoms with Crippen molar-refractivity contribution in [3.05, 3.63) is 30.1 Å². The van der Waals surface area contributed by atoms with Crippen LogP contribution in [-0.2, 0) is 6.54 Å². The van der Waals surface area contributed by atoms with Crippen molar-refractivity contribution in [3.63, 3.8) is 0 Å². The first kappa shape index (κ1) is 7.66. The van der Waals surface area contributed by atoms with Crippen molar-refractivity contribution in [1.82, 2.24) is 25.2 Å². The van der Waals surface area contributed by atoms with Crippen LogP contribution in [-0.4, -0.2) is 25.2 Å². The molecule has 66 valence electrons. The summed E-state index contributed by atoms with van der Waals surface area (Å²) >= 11 is 0. The third kappa shape index (κ3) is 1.61. The molecule has 0 bridgehead atoms. The van der Waals surface area contributed by atoms with Crippen molar-refractivity contribution in [2.75, 3.05) is 5.73 Å². The highest BCUT2D eigenvalue weighted by atomic mass is 15.6. The number of aromatic nitrogens is 5. The fourth-order valence-electron chi connectivity index (χ4n) is 0.985. The highest BCUT2D eigenvalue weighted by molar-refractivity contribution is 5.16. The molecule has 0 aliphatic rings. The summed E-state index contributed by atoms with van der Waals surface area (Å²) in [6, 6.07) is 3.78. The molecule has 2 N–H and O–H groups in total. The third-order valence-electron chi connectivity index (χ3n) is 1.64. The molecular formula is C7H8N6. The lowest BCUT2D eigenvalue weighted by atomic mass is 10.3. The molecule has 0 saturated carbocycles. The molecule has 0 aliphatic heterocycles. The Morgan fingerprint density at radius 3 is 2.69 bits per heavy atom. The molecule has 0 unspecified atom stereocenters. The van der Waals surface area contributed by atoms with Gasteiger partial charge in [0.2, 0.25) is 5.95 Å². The quantitative estimate of drug-likeness (QED) is 0.679. The van der Waals surface area contributed by atoms with Crippen LogP contribution in [0, 0.1) is 0 Å². The van der Waals surface area contributed by atoms with E-state index >= 15 is 0 Å². The van der Waals surface area contributed by atoms with Crippen LogP contribution in [0.5, 0.6) is 0 Å². The summed E-state index contributed by atoms with van der Waals surface area (Å²) in [4.78, 5) is 3.90. The summed E-state index contributed by atoms with van der Waals surface area (Å²) < 4.78 is 1.52. The summed E-state index contributed by atoms with van der Waals surface area (Å²) in [7, 11) is 0. The highest BCUT2D eigenvalue weighted by Gasteiger charge is 2.00. The van der Waals surface area contributed by atoms with Crippen LogP contribution in [0.2, 0.25) is 0 Å². The van der Waals surface area contributed by atoms with E-state index in [9.17, 15) is 0 Å². The Morgan fingerprint density at radius 2 is 2.08 bits per heavy atom. The van der Waals surface area contributed by atoms with Crippen LogP contribution >= 0.6 is 0 Å². The normalized spacial score (nSPS) is 10.2. The fourth-order valence-corrected chi connectivity index (χ4v) is 0.985. The molecule has 2 rings (SSSR count). The Labute approximate surface area is 74.4 Å². The zero-order valence-electron chi connectivity index (χ0n) is 6.83. The lowest BCUT2D eigenvalue weighted by Gasteiger charge is -1.99. The van der Waals surface area contributed by atoms with E-state index in [1.807, 2.05) is 12.1 Å². The van der Waals surface area contributed by atoms with Gasteiger partial charge in [0.05, 0.1) is 6.54 Å². The second-order valence-corrected chi connectivity index (χ2v) is 2.55. The number of rotatable bonds is 2. The van der Waals surface area contributed by atoms with Crippen LogP contribution in [0.1, 0.15) is 5.56 Å². The number of hydrogen-bond acceptors (Lipinski definition) is 5. The molecule has 0 amide bonds. The number of nitrogen functional groups attached to an aromatic ring is 1. The minimum absolute atomic E-state index is 0.316. The second kappa shape index (κ2) is 3.18. The molecule has 2 aromatic heterocycles. The van der Waals surface area contributed by atoms with E-state index in [0.29, 0.717) is 12.5 Å². The molecule has 6 heteroatoms. The van der Waals surface area contributed by atoms with Gasteiger partial charge in [-0.2, -0.15) is 0 Å². The highest BCUT2D eigenvalue weighted by Crippen LogP contribution is 2.01. The van der Waals surface area contributed by atoms with Crippen molar-refractivity contribution in [2.24, 2.45) is 0 Å². The summed E-state index contributed by atoms with van der Waals surface area (Å²) in [5, 5.41) is 10.7. The largest absolute Gasteiger partial charge is 0.367 e. The van der Waals surface area contributed by atoms with Gasteiger partial charge in [-0.25, -0.2) is 4.68 Å². The summed E-state index contributed by atoms with van der Waals surface area (Å²) in [5.74, 6) is 0.316. The fraction of sp³-hybridized carbons (Fsp3) is 0.143. The molecule has 2 aromatic rings. The Bertz CT molecular complexity index is 381. The van der Waals surface area contributed by atoms with E-state index in [4.69, 9.17) is 5.73 Å². The van der Waals surface area contributed by atoms with Gasteiger partial charge in [-0.05, 0) is 28.1 Å². The van der Waals surface area contributed by atoms with Gasteiger partial charge in [-0.1, -0.05) is 5.10 Å². The van der Waals surface area contributed by atoms with Gasteiger partial charge in [-0.15, -0.1) is 0 Å². The standard InChI is InChI=1S/C7H8N6/c8-7-10-11-12-13(7)5-6-1-3-9-4-2-6/h1-4H,5H2,(H2,8,10,12). The average Bonchev–Trinajstić information content (AvgIpc) is 2.54. The molecular weight excluding hydrogens is 168 g/mol. The van der Waals surface area contributed by atoms with Gasteiger partial charge in [0.15, 0.2) is 0 Å². The molecule has 0 radical (unpaired) electrons. The van der Waals surface area contributed by atoms with Gasteiger partial charge < -0.3 is 5.73 Å². The molecule has 0 aliphatic carbocycles. The van der Waals surface area contributed by atoms with Gasteiger partial charge >= 0.3 is 0 Å². The molecule has 6 nitrogen and oxygen atoms in total. The Hall–Kier alpha value is -1.98. The zero-order valence-corrected chi connectivity index (χ0v) is 6.83. The number of nitrogens with two attached hydrogens (primary N) is 1. The summed E-state index contributed by atoms with van der Waals surface area (Å²) in [5.41, 5.74) is 6.56. The van der Waals surface area contributed by atoms with E-state index < -0.39 is 0 Å². The minimum atomic E-state index is 0.316. The summed E-state index contributed by atoms with van der Waals surface area (Å²) in [6.45, 7) is 0.571. The SMILES string of the molecule is Nc1nnnn1Cc1ccncc1. The number of nitrogens with zero attached hydrogens (tertiary/aromatic N) is 5. The number of anilines is 1. The van der Waals surface area contributed by atoms with E-state index in [1.165, 1.54) is 4.68 Å². The van der Waals surface area contributed by atoms with Crippen molar-refractivity contribution in [2.45, 2.75) is 6.54 Å². The predicted molar refractivity (Wildman–Crippen MR) is 45.6 cm³/mol. The molecule has 0 fully saturated rings. The van der Waals surface area contributed by atoms with E-state index in [-0.39, 0.29) is 0 Å².